The van der Waals surface area contributed by atoms with E-state index >= 15 is 0 Å². The molecule has 3 rings (SSSR count). The molecule has 0 aliphatic heterocycles. The number of aromatic nitrogens is 1. The number of fused-ring (bicyclic) bond motifs is 1. The van der Waals surface area contributed by atoms with Crippen LogP contribution in [0.3, 0.4) is 0 Å². The van der Waals surface area contributed by atoms with Crippen LogP contribution in [0, 0.1) is 5.82 Å². The first-order valence-corrected chi connectivity index (χ1v) is 9.26. The van der Waals surface area contributed by atoms with Gasteiger partial charge in [0.15, 0.2) is 5.01 Å². The lowest BCUT2D eigenvalue weighted by molar-refractivity contribution is -0.118. The van der Waals surface area contributed by atoms with Crippen LogP contribution < -0.4 is 16.6 Å². The van der Waals surface area contributed by atoms with Crippen molar-refractivity contribution >= 4 is 39.1 Å². The number of anilines is 1. The maximum Gasteiger partial charge on any atom is 0.277 e. The molecule has 2 amide bonds. The Labute approximate surface area is 149 Å². The van der Waals surface area contributed by atoms with Gasteiger partial charge in [0, 0.05) is 12.0 Å². The van der Waals surface area contributed by atoms with Crippen molar-refractivity contribution in [2.24, 2.45) is 11.6 Å². The summed E-state index contributed by atoms with van der Waals surface area (Å²) in [5, 5.41) is 1.02. The van der Waals surface area contributed by atoms with Gasteiger partial charge in [-0.15, -0.1) is 11.3 Å². The molecule has 1 heterocycles. The van der Waals surface area contributed by atoms with Gasteiger partial charge in [-0.3, -0.25) is 9.59 Å². The van der Waals surface area contributed by atoms with E-state index in [1.54, 1.807) is 6.92 Å². The normalized spacial score (nSPS) is 15.5. The highest BCUT2D eigenvalue weighted by atomic mass is 32.1. The van der Waals surface area contributed by atoms with Crippen molar-refractivity contribution in [3.8, 4) is 0 Å². The molecule has 0 saturated heterocycles. The zero-order chi connectivity index (χ0) is 18.1. The van der Waals surface area contributed by atoms with Gasteiger partial charge in [0.25, 0.3) is 5.91 Å². The Morgan fingerprint density at radius 1 is 1.36 bits per heavy atom. The number of rotatable bonds is 4. The van der Waals surface area contributed by atoms with Gasteiger partial charge in [-0.1, -0.05) is 26.2 Å². The molecule has 1 fully saturated rings. The summed E-state index contributed by atoms with van der Waals surface area (Å²) in [4.78, 5) is 27.9. The zero-order valence-corrected chi connectivity index (χ0v) is 14.9. The average Bonchev–Trinajstić information content (AvgIpc) is 3.03. The molecule has 0 bridgehead atoms. The molecule has 25 heavy (non-hydrogen) atoms. The third kappa shape index (κ3) is 3.23. The van der Waals surface area contributed by atoms with Crippen LogP contribution in [-0.4, -0.2) is 16.8 Å². The van der Waals surface area contributed by atoms with Gasteiger partial charge in [0.2, 0.25) is 5.91 Å². The molecule has 1 aromatic heterocycles. The topological polar surface area (TPSA) is 102 Å². The molecule has 2 aromatic rings. The first-order chi connectivity index (χ1) is 11.9. The second-order valence-electron chi connectivity index (χ2n) is 6.30. The highest BCUT2D eigenvalue weighted by Gasteiger charge is 2.29. The van der Waals surface area contributed by atoms with Crippen LogP contribution in [0.4, 0.5) is 10.1 Å². The SMILES string of the molecule is CCC(=O)N(N)c1c(F)cc2sc(C(N)=O)nc2c1C1CCCCC1. The summed E-state index contributed by atoms with van der Waals surface area (Å²) in [6.07, 6.45) is 5.12. The lowest BCUT2D eigenvalue weighted by Gasteiger charge is -2.28. The van der Waals surface area contributed by atoms with Gasteiger partial charge in [-0.05, 0) is 24.8 Å². The van der Waals surface area contributed by atoms with E-state index in [9.17, 15) is 14.0 Å². The molecule has 4 N–H and O–H groups in total. The summed E-state index contributed by atoms with van der Waals surface area (Å²) in [7, 11) is 0. The fourth-order valence-corrected chi connectivity index (χ4v) is 4.33. The van der Waals surface area contributed by atoms with Crippen LogP contribution in [0.25, 0.3) is 10.2 Å². The van der Waals surface area contributed by atoms with Gasteiger partial charge in [0.1, 0.15) is 11.5 Å². The van der Waals surface area contributed by atoms with E-state index < -0.39 is 11.7 Å². The average molecular weight is 364 g/mol. The molecule has 8 heteroatoms. The smallest absolute Gasteiger partial charge is 0.277 e. The van der Waals surface area contributed by atoms with E-state index in [2.05, 4.69) is 4.98 Å². The number of thiazole rings is 1. The van der Waals surface area contributed by atoms with E-state index in [0.29, 0.717) is 15.8 Å². The van der Waals surface area contributed by atoms with E-state index in [1.807, 2.05) is 0 Å². The first kappa shape index (κ1) is 17.8. The standard InChI is InChI=1S/C17H21FN4O2S/c1-2-12(23)22(20)15-10(18)8-11-14(21-17(25-11)16(19)24)13(15)9-6-4-3-5-7-9/h8-9H,2-7,20H2,1H3,(H2,19,24). The third-order valence-corrected chi connectivity index (χ3v) is 5.70. The molecule has 0 unspecified atom stereocenters. The number of hydrogen-bond acceptors (Lipinski definition) is 5. The minimum atomic E-state index is -0.646. The number of carbonyl (C=O) groups is 2. The van der Waals surface area contributed by atoms with Gasteiger partial charge in [0.05, 0.1) is 10.2 Å². The van der Waals surface area contributed by atoms with Gasteiger partial charge >= 0.3 is 0 Å². The number of amides is 2. The van der Waals surface area contributed by atoms with Crippen LogP contribution in [0.5, 0.6) is 0 Å². The van der Waals surface area contributed by atoms with Crippen LogP contribution >= 0.6 is 11.3 Å². The minimum Gasteiger partial charge on any atom is -0.364 e. The molecular weight excluding hydrogens is 343 g/mol. The van der Waals surface area contributed by atoms with Crippen LogP contribution in [0.2, 0.25) is 0 Å². The molecule has 1 aromatic carbocycles. The molecule has 0 atom stereocenters. The lowest BCUT2D eigenvalue weighted by Crippen LogP contribution is -2.38. The van der Waals surface area contributed by atoms with Gasteiger partial charge in [-0.2, -0.15) is 0 Å². The highest BCUT2D eigenvalue weighted by molar-refractivity contribution is 7.20. The van der Waals surface area contributed by atoms with E-state index in [-0.39, 0.29) is 28.9 Å². The Kier molecular flexibility index (Phi) is 5.01. The minimum absolute atomic E-state index is 0.0560. The predicted octanol–water partition coefficient (Wildman–Crippen LogP) is 3.20. The zero-order valence-electron chi connectivity index (χ0n) is 14.0. The maximum absolute atomic E-state index is 14.9. The Balaban J connectivity index is 2.26. The lowest BCUT2D eigenvalue weighted by atomic mass is 9.82. The van der Waals surface area contributed by atoms with Crippen LogP contribution in [0.15, 0.2) is 6.07 Å². The summed E-state index contributed by atoms with van der Waals surface area (Å²) in [5.41, 5.74) is 6.57. The third-order valence-electron chi connectivity index (χ3n) is 4.68. The molecular formula is C17H21FN4O2S. The second-order valence-corrected chi connectivity index (χ2v) is 7.33. The highest BCUT2D eigenvalue weighted by Crippen LogP contribution is 2.43. The molecule has 1 aliphatic carbocycles. The number of benzene rings is 1. The van der Waals surface area contributed by atoms with Crippen molar-refractivity contribution in [2.75, 3.05) is 5.01 Å². The largest absolute Gasteiger partial charge is 0.364 e. The summed E-state index contributed by atoms with van der Waals surface area (Å²) >= 11 is 1.06. The van der Waals surface area contributed by atoms with Crippen molar-refractivity contribution in [1.82, 2.24) is 4.98 Å². The van der Waals surface area contributed by atoms with Crippen molar-refractivity contribution in [2.45, 2.75) is 51.4 Å². The fourth-order valence-electron chi connectivity index (χ4n) is 3.47. The van der Waals surface area contributed by atoms with E-state index in [1.165, 1.54) is 6.07 Å². The number of carbonyl (C=O) groups excluding carboxylic acids is 2. The second kappa shape index (κ2) is 7.05. The number of hydrogen-bond donors (Lipinski definition) is 2. The van der Waals surface area contributed by atoms with Gasteiger partial charge < -0.3 is 5.73 Å². The van der Waals surface area contributed by atoms with Crippen LogP contribution in [0.1, 0.15) is 66.7 Å². The summed E-state index contributed by atoms with van der Waals surface area (Å²) in [6.45, 7) is 1.67. The Bertz CT molecular complexity index is 830. The Morgan fingerprint density at radius 3 is 2.64 bits per heavy atom. The van der Waals surface area contributed by atoms with E-state index in [4.69, 9.17) is 11.6 Å². The molecule has 134 valence electrons. The summed E-state index contributed by atoms with van der Waals surface area (Å²) in [5.74, 6) is 4.41. The maximum atomic E-state index is 14.9. The predicted molar refractivity (Wildman–Crippen MR) is 95.9 cm³/mol. The Hall–Kier alpha value is -2.06. The van der Waals surface area contributed by atoms with Crippen molar-refractivity contribution in [1.29, 1.82) is 0 Å². The number of nitrogens with two attached hydrogens (primary N) is 2. The van der Waals surface area contributed by atoms with Crippen molar-refractivity contribution < 1.29 is 14.0 Å². The molecule has 1 aliphatic rings. The Morgan fingerprint density at radius 2 is 2.04 bits per heavy atom. The van der Waals surface area contributed by atoms with Crippen LogP contribution in [-0.2, 0) is 4.79 Å². The number of halogens is 1. The monoisotopic (exact) mass is 364 g/mol. The summed E-state index contributed by atoms with van der Waals surface area (Å²) < 4.78 is 15.4. The molecule has 1 saturated carbocycles. The molecule has 0 radical (unpaired) electrons. The number of primary amides is 1. The van der Waals surface area contributed by atoms with Gasteiger partial charge in [-0.25, -0.2) is 20.2 Å². The molecule has 6 nitrogen and oxygen atoms in total. The van der Waals surface area contributed by atoms with Crippen molar-refractivity contribution in [3.05, 3.63) is 22.5 Å². The van der Waals surface area contributed by atoms with E-state index in [0.717, 1.165) is 48.4 Å². The quantitative estimate of drug-likeness (QED) is 0.494. The van der Waals surface area contributed by atoms with Crippen molar-refractivity contribution in [3.63, 3.8) is 0 Å². The summed E-state index contributed by atoms with van der Waals surface area (Å²) in [6, 6.07) is 1.28. The number of nitrogens with zero attached hydrogens (tertiary/aromatic N) is 2. The molecule has 0 spiro atoms. The number of hydrazine groups is 1. The first-order valence-electron chi connectivity index (χ1n) is 8.44. The fraction of sp³-hybridized carbons (Fsp3) is 0.471.